The largest absolute Gasteiger partial charge is 0.313 e. The molecule has 0 saturated heterocycles. The number of allylic oxidation sites excluding steroid dienone is 1. The van der Waals surface area contributed by atoms with E-state index in [-0.39, 0.29) is 0 Å². The minimum absolute atomic E-state index is 0.559. The fraction of sp³-hybridized carbons (Fsp3) is 0.556. The first kappa shape index (κ1) is 16.0. The smallest absolute Gasteiger partial charge is 0.0139 e. The second-order valence-electron chi connectivity index (χ2n) is 5.48. The molecule has 0 aliphatic rings. The third kappa shape index (κ3) is 5.61. The quantitative estimate of drug-likeness (QED) is 0.622. The summed E-state index contributed by atoms with van der Waals surface area (Å²) >= 11 is 0. The molecule has 0 aromatic heterocycles. The van der Waals surface area contributed by atoms with Crippen LogP contribution in [-0.2, 0) is 0 Å². The Bertz CT molecular complexity index is 355. The average Bonchev–Trinajstić information content (AvgIpc) is 2.43. The lowest BCUT2D eigenvalue weighted by molar-refractivity contribution is 0.399. The van der Waals surface area contributed by atoms with Crippen molar-refractivity contribution in [2.45, 2.75) is 58.4 Å². The van der Waals surface area contributed by atoms with E-state index in [0.29, 0.717) is 12.0 Å². The molecule has 0 fully saturated rings. The predicted molar refractivity (Wildman–Crippen MR) is 85.6 cm³/mol. The van der Waals surface area contributed by atoms with Crippen LogP contribution >= 0.6 is 0 Å². The van der Waals surface area contributed by atoms with E-state index in [1.807, 2.05) is 0 Å². The second-order valence-corrected chi connectivity index (χ2v) is 5.48. The van der Waals surface area contributed by atoms with Gasteiger partial charge >= 0.3 is 0 Å². The number of hydrogen-bond donors (Lipinski definition) is 1. The molecule has 2 unspecified atom stereocenters. The molecule has 106 valence electrons. The highest BCUT2D eigenvalue weighted by atomic mass is 14.9. The molecular weight excluding hydrogens is 230 g/mol. The molecule has 0 radical (unpaired) electrons. The van der Waals surface area contributed by atoms with Crippen LogP contribution in [-0.4, -0.2) is 12.6 Å². The highest BCUT2D eigenvalue weighted by Crippen LogP contribution is 2.26. The van der Waals surface area contributed by atoms with Gasteiger partial charge in [0.05, 0.1) is 0 Å². The Hall–Kier alpha value is -1.08. The summed E-state index contributed by atoms with van der Waals surface area (Å²) in [6.45, 7) is 11.8. The van der Waals surface area contributed by atoms with Gasteiger partial charge in [-0.05, 0) is 50.6 Å². The first-order valence-corrected chi connectivity index (χ1v) is 7.61. The lowest BCUT2D eigenvalue weighted by Gasteiger charge is -2.28. The Morgan fingerprint density at radius 3 is 2.42 bits per heavy atom. The maximum absolute atomic E-state index is 4.04. The summed E-state index contributed by atoms with van der Waals surface area (Å²) in [5.41, 5.74) is 2.74. The molecule has 1 aromatic carbocycles. The van der Waals surface area contributed by atoms with E-state index in [9.17, 15) is 0 Å². The zero-order valence-electron chi connectivity index (χ0n) is 12.8. The van der Waals surface area contributed by atoms with E-state index in [1.54, 1.807) is 0 Å². The van der Waals surface area contributed by atoms with Gasteiger partial charge in [-0.1, -0.05) is 49.8 Å². The third-order valence-electron chi connectivity index (χ3n) is 3.69. The predicted octanol–water partition coefficient (Wildman–Crippen LogP) is 4.90. The van der Waals surface area contributed by atoms with Crippen LogP contribution in [0.5, 0.6) is 0 Å². The van der Waals surface area contributed by atoms with Gasteiger partial charge in [-0.15, -0.1) is 6.58 Å². The fourth-order valence-electron chi connectivity index (χ4n) is 2.63. The molecular formula is C18H29N. The Kier molecular flexibility index (Phi) is 7.50. The molecule has 1 nitrogen and oxygen atoms in total. The van der Waals surface area contributed by atoms with E-state index in [4.69, 9.17) is 0 Å². The van der Waals surface area contributed by atoms with E-state index >= 15 is 0 Å². The molecule has 1 heteroatoms. The van der Waals surface area contributed by atoms with E-state index in [0.717, 1.165) is 13.0 Å². The Morgan fingerprint density at radius 1 is 1.21 bits per heavy atom. The summed E-state index contributed by atoms with van der Waals surface area (Å²) in [4.78, 5) is 0. The Morgan fingerprint density at radius 2 is 1.89 bits per heavy atom. The lowest BCUT2D eigenvalue weighted by Crippen LogP contribution is -2.35. The fourth-order valence-corrected chi connectivity index (χ4v) is 2.63. The van der Waals surface area contributed by atoms with Crippen molar-refractivity contribution in [2.75, 3.05) is 6.54 Å². The highest BCUT2D eigenvalue weighted by molar-refractivity contribution is 5.21. The van der Waals surface area contributed by atoms with E-state index in [1.165, 1.54) is 30.4 Å². The van der Waals surface area contributed by atoms with Gasteiger partial charge in [0.1, 0.15) is 0 Å². The summed E-state index contributed by atoms with van der Waals surface area (Å²) in [6, 6.07) is 11.5. The summed E-state index contributed by atoms with van der Waals surface area (Å²) in [5, 5.41) is 3.73. The van der Waals surface area contributed by atoms with Crippen molar-refractivity contribution in [2.24, 2.45) is 0 Å². The van der Waals surface area contributed by atoms with E-state index < -0.39 is 0 Å². The van der Waals surface area contributed by atoms with Crippen molar-refractivity contribution >= 4 is 0 Å². The van der Waals surface area contributed by atoms with Crippen LogP contribution in [0.25, 0.3) is 0 Å². The van der Waals surface area contributed by atoms with Crippen LogP contribution in [0.3, 0.4) is 0 Å². The van der Waals surface area contributed by atoms with Crippen molar-refractivity contribution in [3.63, 3.8) is 0 Å². The first-order valence-electron chi connectivity index (χ1n) is 7.61. The zero-order chi connectivity index (χ0) is 14.1. The molecule has 1 N–H and O–H groups in total. The minimum Gasteiger partial charge on any atom is -0.313 e. The van der Waals surface area contributed by atoms with Crippen LogP contribution in [0.1, 0.15) is 57.9 Å². The van der Waals surface area contributed by atoms with Gasteiger partial charge in [0.25, 0.3) is 0 Å². The SMILES string of the molecule is C=C(C)CCC(NCCC)C(CC)c1ccccc1. The number of hydrogen-bond acceptors (Lipinski definition) is 1. The van der Waals surface area contributed by atoms with Gasteiger partial charge in [-0.2, -0.15) is 0 Å². The Balaban J connectivity index is 2.76. The highest BCUT2D eigenvalue weighted by Gasteiger charge is 2.20. The standard InChI is InChI=1S/C18H29N/c1-5-14-19-18(13-12-15(3)4)17(6-2)16-10-8-7-9-11-16/h7-11,17-19H,3,5-6,12-14H2,1-2,4H3. The first-order chi connectivity index (χ1) is 9.19. The second kappa shape index (κ2) is 8.92. The molecule has 1 rings (SSSR count). The van der Waals surface area contributed by atoms with Crippen LogP contribution in [0, 0.1) is 0 Å². The summed E-state index contributed by atoms with van der Waals surface area (Å²) < 4.78 is 0. The molecule has 2 atom stereocenters. The number of nitrogens with one attached hydrogen (secondary N) is 1. The van der Waals surface area contributed by atoms with Crippen molar-refractivity contribution in [1.82, 2.24) is 5.32 Å². The van der Waals surface area contributed by atoms with Gasteiger partial charge in [-0.3, -0.25) is 0 Å². The molecule has 0 spiro atoms. The molecule has 0 amide bonds. The summed E-state index contributed by atoms with van der Waals surface area (Å²) in [5.74, 6) is 0.604. The molecule has 0 aliphatic carbocycles. The molecule has 0 aliphatic heterocycles. The van der Waals surface area contributed by atoms with E-state index in [2.05, 4.69) is 63.0 Å². The lowest BCUT2D eigenvalue weighted by atomic mass is 9.86. The van der Waals surface area contributed by atoms with Crippen LogP contribution in [0.2, 0.25) is 0 Å². The van der Waals surface area contributed by atoms with Gasteiger partial charge < -0.3 is 5.32 Å². The van der Waals surface area contributed by atoms with Gasteiger partial charge in [0.2, 0.25) is 0 Å². The van der Waals surface area contributed by atoms with Crippen molar-refractivity contribution in [3.05, 3.63) is 48.0 Å². The maximum Gasteiger partial charge on any atom is 0.0139 e. The van der Waals surface area contributed by atoms with Gasteiger partial charge in [0.15, 0.2) is 0 Å². The number of benzene rings is 1. The Labute approximate surface area is 119 Å². The molecule has 0 heterocycles. The molecule has 0 bridgehead atoms. The van der Waals surface area contributed by atoms with Gasteiger partial charge in [-0.25, -0.2) is 0 Å². The average molecular weight is 259 g/mol. The van der Waals surface area contributed by atoms with Crippen molar-refractivity contribution < 1.29 is 0 Å². The zero-order valence-corrected chi connectivity index (χ0v) is 12.8. The molecule has 1 aromatic rings. The minimum atomic E-state index is 0.559. The normalized spacial score (nSPS) is 14.1. The van der Waals surface area contributed by atoms with Crippen LogP contribution in [0.4, 0.5) is 0 Å². The van der Waals surface area contributed by atoms with Crippen LogP contribution < -0.4 is 5.32 Å². The van der Waals surface area contributed by atoms with Crippen molar-refractivity contribution in [1.29, 1.82) is 0 Å². The number of rotatable bonds is 9. The molecule has 0 saturated carbocycles. The summed E-state index contributed by atoms with van der Waals surface area (Å²) in [6.07, 6.45) is 4.67. The monoisotopic (exact) mass is 259 g/mol. The van der Waals surface area contributed by atoms with Gasteiger partial charge in [0, 0.05) is 6.04 Å². The molecule has 19 heavy (non-hydrogen) atoms. The topological polar surface area (TPSA) is 12.0 Å². The summed E-state index contributed by atoms with van der Waals surface area (Å²) in [7, 11) is 0. The van der Waals surface area contributed by atoms with Crippen LogP contribution in [0.15, 0.2) is 42.5 Å². The maximum atomic E-state index is 4.04. The van der Waals surface area contributed by atoms with Crippen molar-refractivity contribution in [3.8, 4) is 0 Å². The third-order valence-corrected chi connectivity index (χ3v) is 3.69.